The van der Waals surface area contributed by atoms with E-state index in [2.05, 4.69) is 4.98 Å². The third-order valence-corrected chi connectivity index (χ3v) is 2.67. The fourth-order valence-electron chi connectivity index (χ4n) is 1.78. The maximum absolute atomic E-state index is 11.4. The van der Waals surface area contributed by atoms with Gasteiger partial charge in [0.25, 0.3) is 0 Å². The molecule has 0 fully saturated rings. The van der Waals surface area contributed by atoms with Gasteiger partial charge in [-0.2, -0.15) is 0 Å². The SMILES string of the molecule is CCOC(=O)[C@H](N)Cc1ccc2ccccc2n1. The van der Waals surface area contributed by atoms with Crippen molar-refractivity contribution >= 4 is 16.9 Å². The summed E-state index contributed by atoms with van der Waals surface area (Å²) in [6.45, 7) is 2.11. The van der Waals surface area contributed by atoms with Crippen LogP contribution < -0.4 is 5.73 Å². The Morgan fingerprint density at radius 3 is 2.89 bits per heavy atom. The van der Waals surface area contributed by atoms with Gasteiger partial charge in [0.05, 0.1) is 12.1 Å². The molecule has 1 aromatic carbocycles. The average Bonchev–Trinajstić information content (AvgIpc) is 2.39. The molecule has 0 unspecified atom stereocenters. The maximum Gasteiger partial charge on any atom is 0.323 e. The summed E-state index contributed by atoms with van der Waals surface area (Å²) < 4.78 is 4.87. The van der Waals surface area contributed by atoms with Crippen LogP contribution in [0.5, 0.6) is 0 Å². The molecule has 1 aromatic heterocycles. The third-order valence-electron chi connectivity index (χ3n) is 2.67. The Labute approximate surface area is 106 Å². The van der Waals surface area contributed by atoms with Crippen LogP contribution in [0.3, 0.4) is 0 Å². The van der Waals surface area contributed by atoms with E-state index in [9.17, 15) is 4.79 Å². The molecule has 0 radical (unpaired) electrons. The fourth-order valence-corrected chi connectivity index (χ4v) is 1.78. The second-order valence-corrected chi connectivity index (χ2v) is 4.06. The molecule has 0 amide bonds. The summed E-state index contributed by atoms with van der Waals surface area (Å²) in [6.07, 6.45) is 0.393. The van der Waals surface area contributed by atoms with Crippen LogP contribution >= 0.6 is 0 Å². The zero-order chi connectivity index (χ0) is 13.0. The number of para-hydroxylation sites is 1. The van der Waals surface area contributed by atoms with Crippen LogP contribution in [0.2, 0.25) is 0 Å². The molecule has 0 saturated carbocycles. The second-order valence-electron chi connectivity index (χ2n) is 4.06. The van der Waals surface area contributed by atoms with Gasteiger partial charge in [-0.15, -0.1) is 0 Å². The topological polar surface area (TPSA) is 65.2 Å². The molecular weight excluding hydrogens is 228 g/mol. The summed E-state index contributed by atoms with van der Waals surface area (Å²) >= 11 is 0. The zero-order valence-corrected chi connectivity index (χ0v) is 10.3. The predicted octanol–water partition coefficient (Wildman–Crippen LogP) is 1.67. The standard InChI is InChI=1S/C14H16N2O2/c1-2-18-14(17)12(15)9-11-8-7-10-5-3-4-6-13(10)16-11/h3-8,12H,2,9,15H2,1H3/t12-/m1/s1. The maximum atomic E-state index is 11.4. The third kappa shape index (κ3) is 2.84. The number of nitrogens with zero attached hydrogens (tertiary/aromatic N) is 1. The predicted molar refractivity (Wildman–Crippen MR) is 70.1 cm³/mol. The lowest BCUT2D eigenvalue weighted by atomic mass is 10.1. The molecule has 4 heteroatoms. The first-order chi connectivity index (χ1) is 8.70. The van der Waals surface area contributed by atoms with Crippen molar-refractivity contribution in [3.05, 3.63) is 42.1 Å². The number of carbonyl (C=O) groups excluding carboxylic acids is 1. The van der Waals surface area contributed by atoms with Crippen molar-refractivity contribution in [1.82, 2.24) is 4.98 Å². The average molecular weight is 244 g/mol. The summed E-state index contributed by atoms with van der Waals surface area (Å²) in [4.78, 5) is 15.9. The van der Waals surface area contributed by atoms with Crippen molar-refractivity contribution < 1.29 is 9.53 Å². The highest BCUT2D eigenvalue weighted by molar-refractivity contribution is 5.79. The summed E-state index contributed by atoms with van der Waals surface area (Å²) in [5.74, 6) is -0.382. The highest BCUT2D eigenvalue weighted by Crippen LogP contribution is 2.12. The van der Waals surface area contributed by atoms with E-state index in [-0.39, 0.29) is 5.97 Å². The Bertz CT molecular complexity index is 554. The quantitative estimate of drug-likeness (QED) is 0.831. The van der Waals surface area contributed by atoms with E-state index in [0.29, 0.717) is 13.0 Å². The number of hydrogen-bond donors (Lipinski definition) is 1. The van der Waals surface area contributed by atoms with E-state index >= 15 is 0 Å². The number of nitrogens with two attached hydrogens (primary N) is 1. The molecule has 0 spiro atoms. The molecule has 0 aliphatic carbocycles. The minimum absolute atomic E-state index is 0.345. The van der Waals surface area contributed by atoms with Crippen molar-refractivity contribution in [3.8, 4) is 0 Å². The van der Waals surface area contributed by atoms with Crippen molar-refractivity contribution in [2.75, 3.05) is 6.61 Å². The highest BCUT2D eigenvalue weighted by Gasteiger charge is 2.15. The summed E-state index contributed by atoms with van der Waals surface area (Å²) in [7, 11) is 0. The number of hydrogen-bond acceptors (Lipinski definition) is 4. The number of aromatic nitrogens is 1. The van der Waals surface area contributed by atoms with Crippen molar-refractivity contribution in [2.24, 2.45) is 5.73 Å². The van der Waals surface area contributed by atoms with Gasteiger partial charge in [-0.25, -0.2) is 0 Å². The molecular formula is C14H16N2O2. The van der Waals surface area contributed by atoms with Gasteiger partial charge < -0.3 is 10.5 Å². The van der Waals surface area contributed by atoms with Gasteiger partial charge in [0.1, 0.15) is 6.04 Å². The Balaban J connectivity index is 2.14. The van der Waals surface area contributed by atoms with Crippen LogP contribution in [0.1, 0.15) is 12.6 Å². The van der Waals surface area contributed by atoms with Crippen LogP contribution in [0.15, 0.2) is 36.4 Å². The molecule has 2 N–H and O–H groups in total. The van der Waals surface area contributed by atoms with Gasteiger partial charge in [-0.05, 0) is 19.1 Å². The van der Waals surface area contributed by atoms with E-state index in [1.54, 1.807) is 6.92 Å². The summed E-state index contributed by atoms with van der Waals surface area (Å²) in [5, 5.41) is 1.07. The molecule has 1 atom stereocenters. The van der Waals surface area contributed by atoms with E-state index in [1.165, 1.54) is 0 Å². The van der Waals surface area contributed by atoms with Crippen molar-refractivity contribution in [3.63, 3.8) is 0 Å². The Morgan fingerprint density at radius 1 is 1.33 bits per heavy atom. The minimum Gasteiger partial charge on any atom is -0.465 e. The monoisotopic (exact) mass is 244 g/mol. The summed E-state index contributed by atoms with van der Waals surface area (Å²) in [6, 6.07) is 11.1. The molecule has 18 heavy (non-hydrogen) atoms. The summed E-state index contributed by atoms with van der Waals surface area (Å²) in [5.41, 5.74) is 7.47. The Morgan fingerprint density at radius 2 is 2.11 bits per heavy atom. The highest BCUT2D eigenvalue weighted by atomic mass is 16.5. The molecule has 0 saturated heterocycles. The van der Waals surface area contributed by atoms with Gasteiger partial charge in [-0.3, -0.25) is 9.78 Å². The molecule has 1 heterocycles. The van der Waals surface area contributed by atoms with Crippen LogP contribution in [-0.4, -0.2) is 23.6 Å². The minimum atomic E-state index is -0.654. The van der Waals surface area contributed by atoms with Crippen molar-refractivity contribution in [2.45, 2.75) is 19.4 Å². The number of benzene rings is 1. The largest absolute Gasteiger partial charge is 0.465 e. The van der Waals surface area contributed by atoms with E-state index in [4.69, 9.17) is 10.5 Å². The normalized spacial score (nSPS) is 12.3. The number of rotatable bonds is 4. The first-order valence-electron chi connectivity index (χ1n) is 5.97. The molecule has 2 aromatic rings. The van der Waals surface area contributed by atoms with Gasteiger partial charge >= 0.3 is 5.97 Å². The molecule has 0 bridgehead atoms. The van der Waals surface area contributed by atoms with E-state index in [1.807, 2.05) is 36.4 Å². The van der Waals surface area contributed by atoms with Crippen LogP contribution in [0.25, 0.3) is 10.9 Å². The number of esters is 1. The lowest BCUT2D eigenvalue weighted by Gasteiger charge is -2.10. The lowest BCUT2D eigenvalue weighted by molar-refractivity contribution is -0.144. The number of pyridine rings is 1. The van der Waals surface area contributed by atoms with Crippen LogP contribution in [0.4, 0.5) is 0 Å². The van der Waals surface area contributed by atoms with E-state index < -0.39 is 6.04 Å². The first kappa shape index (κ1) is 12.5. The van der Waals surface area contributed by atoms with Gasteiger partial charge in [-0.1, -0.05) is 24.3 Å². The van der Waals surface area contributed by atoms with Crippen molar-refractivity contribution in [1.29, 1.82) is 0 Å². The molecule has 0 aliphatic rings. The fraction of sp³-hybridized carbons (Fsp3) is 0.286. The first-order valence-corrected chi connectivity index (χ1v) is 5.97. The van der Waals surface area contributed by atoms with Crippen LogP contribution in [0, 0.1) is 0 Å². The Kier molecular flexibility index (Phi) is 3.89. The van der Waals surface area contributed by atoms with Gasteiger partial charge in [0, 0.05) is 17.5 Å². The van der Waals surface area contributed by atoms with Crippen LogP contribution in [-0.2, 0) is 16.0 Å². The number of fused-ring (bicyclic) bond motifs is 1. The zero-order valence-electron chi connectivity index (χ0n) is 10.3. The Hall–Kier alpha value is -1.94. The molecule has 4 nitrogen and oxygen atoms in total. The lowest BCUT2D eigenvalue weighted by Crippen LogP contribution is -2.34. The molecule has 2 rings (SSSR count). The second kappa shape index (κ2) is 5.60. The van der Waals surface area contributed by atoms with Gasteiger partial charge in [0.15, 0.2) is 0 Å². The van der Waals surface area contributed by atoms with E-state index in [0.717, 1.165) is 16.6 Å². The molecule has 0 aliphatic heterocycles. The molecule has 94 valence electrons. The smallest absolute Gasteiger partial charge is 0.323 e. The number of carbonyl (C=O) groups is 1. The van der Waals surface area contributed by atoms with Gasteiger partial charge in [0.2, 0.25) is 0 Å². The number of ether oxygens (including phenoxy) is 1.